The highest BCUT2D eigenvalue weighted by atomic mass is 16.5. The highest BCUT2D eigenvalue weighted by Gasteiger charge is 2.29. The summed E-state index contributed by atoms with van der Waals surface area (Å²) >= 11 is 0. The maximum atomic E-state index is 10.8. The standard InChI is InChI=1S/C8H14O2/c1-8(10-2)5-3-7(9)4-6-8/h3-6H2,1-2H3. The predicted molar refractivity (Wildman–Crippen MR) is 38.9 cm³/mol. The molecule has 2 nitrogen and oxygen atoms in total. The van der Waals surface area contributed by atoms with Crippen LogP contribution in [0.5, 0.6) is 0 Å². The Morgan fingerprint density at radius 2 is 1.90 bits per heavy atom. The topological polar surface area (TPSA) is 26.3 Å². The van der Waals surface area contributed by atoms with Crippen molar-refractivity contribution < 1.29 is 9.53 Å². The van der Waals surface area contributed by atoms with Crippen molar-refractivity contribution in [2.24, 2.45) is 0 Å². The molecule has 1 fully saturated rings. The summed E-state index contributed by atoms with van der Waals surface area (Å²) in [6.07, 6.45) is 3.18. The first-order chi connectivity index (χ1) is 4.66. The molecule has 0 aromatic carbocycles. The maximum Gasteiger partial charge on any atom is 0.133 e. The van der Waals surface area contributed by atoms with E-state index in [4.69, 9.17) is 4.74 Å². The summed E-state index contributed by atoms with van der Waals surface area (Å²) in [4.78, 5) is 10.8. The Morgan fingerprint density at radius 1 is 1.40 bits per heavy atom. The molecule has 0 heterocycles. The van der Waals surface area contributed by atoms with Crippen molar-refractivity contribution in [3.8, 4) is 0 Å². The second-order valence-corrected chi connectivity index (χ2v) is 3.19. The lowest BCUT2D eigenvalue weighted by atomic mass is 9.86. The number of hydrogen-bond acceptors (Lipinski definition) is 2. The van der Waals surface area contributed by atoms with E-state index < -0.39 is 0 Å². The van der Waals surface area contributed by atoms with Gasteiger partial charge in [-0.2, -0.15) is 0 Å². The van der Waals surface area contributed by atoms with Crippen LogP contribution in [0.3, 0.4) is 0 Å². The van der Waals surface area contributed by atoms with Gasteiger partial charge in [-0.05, 0) is 19.8 Å². The second-order valence-electron chi connectivity index (χ2n) is 3.19. The summed E-state index contributed by atoms with van der Waals surface area (Å²) in [6.45, 7) is 2.07. The third-order valence-corrected chi connectivity index (χ3v) is 2.36. The lowest BCUT2D eigenvalue weighted by molar-refractivity contribution is -0.126. The molecule has 0 aromatic rings. The zero-order chi connectivity index (χ0) is 7.61. The van der Waals surface area contributed by atoms with Crippen molar-refractivity contribution in [3.05, 3.63) is 0 Å². The molecule has 0 aliphatic heterocycles. The van der Waals surface area contributed by atoms with Gasteiger partial charge in [-0.3, -0.25) is 4.79 Å². The molecule has 0 radical (unpaired) electrons. The van der Waals surface area contributed by atoms with Gasteiger partial charge in [0.05, 0.1) is 5.60 Å². The van der Waals surface area contributed by atoms with Gasteiger partial charge in [-0.1, -0.05) is 0 Å². The Labute approximate surface area is 61.6 Å². The highest BCUT2D eigenvalue weighted by molar-refractivity contribution is 5.79. The normalized spacial score (nSPS) is 24.8. The zero-order valence-electron chi connectivity index (χ0n) is 6.64. The van der Waals surface area contributed by atoms with E-state index in [0.29, 0.717) is 18.6 Å². The number of methoxy groups -OCH3 is 1. The van der Waals surface area contributed by atoms with E-state index >= 15 is 0 Å². The minimum Gasteiger partial charge on any atom is -0.378 e. The summed E-state index contributed by atoms with van der Waals surface area (Å²) in [6, 6.07) is 0. The van der Waals surface area contributed by atoms with E-state index in [-0.39, 0.29) is 5.60 Å². The summed E-state index contributed by atoms with van der Waals surface area (Å²) in [5.74, 6) is 0.384. The van der Waals surface area contributed by atoms with Crippen molar-refractivity contribution in [2.45, 2.75) is 38.2 Å². The summed E-state index contributed by atoms with van der Waals surface area (Å²) in [5.41, 5.74) is -0.0199. The summed E-state index contributed by atoms with van der Waals surface area (Å²) in [7, 11) is 1.72. The van der Waals surface area contributed by atoms with Crippen molar-refractivity contribution in [1.29, 1.82) is 0 Å². The lowest BCUT2D eigenvalue weighted by Gasteiger charge is -2.31. The number of hydrogen-bond donors (Lipinski definition) is 0. The average molecular weight is 142 g/mol. The van der Waals surface area contributed by atoms with Crippen LogP contribution in [0.1, 0.15) is 32.6 Å². The molecule has 0 saturated heterocycles. The Morgan fingerprint density at radius 3 is 2.30 bits per heavy atom. The van der Waals surface area contributed by atoms with Gasteiger partial charge in [0.15, 0.2) is 0 Å². The number of ketones is 1. The fourth-order valence-electron chi connectivity index (χ4n) is 1.26. The third kappa shape index (κ3) is 1.57. The first kappa shape index (κ1) is 7.73. The van der Waals surface area contributed by atoms with E-state index in [1.807, 2.05) is 0 Å². The smallest absolute Gasteiger partial charge is 0.133 e. The minimum atomic E-state index is -0.0199. The fourth-order valence-corrected chi connectivity index (χ4v) is 1.26. The van der Waals surface area contributed by atoms with Crippen LogP contribution in [0.15, 0.2) is 0 Å². The van der Waals surface area contributed by atoms with Crippen LogP contribution in [0.25, 0.3) is 0 Å². The quantitative estimate of drug-likeness (QED) is 0.555. The van der Waals surface area contributed by atoms with Crippen molar-refractivity contribution in [2.75, 3.05) is 7.11 Å². The molecule has 1 aliphatic carbocycles. The second kappa shape index (κ2) is 2.70. The van der Waals surface area contributed by atoms with Gasteiger partial charge in [0, 0.05) is 20.0 Å². The maximum absolute atomic E-state index is 10.8. The fraction of sp³-hybridized carbons (Fsp3) is 0.875. The predicted octanol–water partition coefficient (Wildman–Crippen LogP) is 1.53. The van der Waals surface area contributed by atoms with E-state index in [1.165, 1.54) is 0 Å². The summed E-state index contributed by atoms with van der Waals surface area (Å²) < 4.78 is 5.27. The molecule has 10 heavy (non-hydrogen) atoms. The van der Waals surface area contributed by atoms with Gasteiger partial charge in [0.25, 0.3) is 0 Å². The average Bonchev–Trinajstić information content (AvgIpc) is 1.96. The van der Waals surface area contributed by atoms with Crippen LogP contribution < -0.4 is 0 Å². The van der Waals surface area contributed by atoms with Crippen molar-refractivity contribution >= 4 is 5.78 Å². The number of Topliss-reactive ketones (excluding diaryl/α,β-unsaturated/α-hetero) is 1. The summed E-state index contributed by atoms with van der Waals surface area (Å²) in [5, 5.41) is 0. The molecule has 58 valence electrons. The first-order valence-corrected chi connectivity index (χ1v) is 3.73. The Balaban J connectivity index is 2.46. The van der Waals surface area contributed by atoms with E-state index in [2.05, 4.69) is 6.92 Å². The molecule has 2 heteroatoms. The van der Waals surface area contributed by atoms with Gasteiger partial charge < -0.3 is 4.74 Å². The molecule has 0 unspecified atom stereocenters. The van der Waals surface area contributed by atoms with Gasteiger partial charge in [-0.15, -0.1) is 0 Å². The van der Waals surface area contributed by atoms with Crippen molar-refractivity contribution in [1.82, 2.24) is 0 Å². The number of carbonyl (C=O) groups excluding carboxylic acids is 1. The Hall–Kier alpha value is -0.370. The Bertz CT molecular complexity index is 130. The van der Waals surface area contributed by atoms with E-state index in [0.717, 1.165) is 12.8 Å². The van der Waals surface area contributed by atoms with Crippen LogP contribution >= 0.6 is 0 Å². The van der Waals surface area contributed by atoms with Crippen molar-refractivity contribution in [3.63, 3.8) is 0 Å². The Kier molecular flexibility index (Phi) is 2.09. The van der Waals surface area contributed by atoms with Crippen LogP contribution in [-0.4, -0.2) is 18.5 Å². The van der Waals surface area contributed by atoms with E-state index in [1.54, 1.807) is 7.11 Å². The molecule has 0 spiro atoms. The molecule has 1 saturated carbocycles. The van der Waals surface area contributed by atoms with Crippen LogP contribution in [-0.2, 0) is 9.53 Å². The van der Waals surface area contributed by atoms with E-state index in [9.17, 15) is 4.79 Å². The van der Waals surface area contributed by atoms with Gasteiger partial charge in [0.2, 0.25) is 0 Å². The molecule has 0 atom stereocenters. The molecule has 0 aromatic heterocycles. The molecular weight excluding hydrogens is 128 g/mol. The minimum absolute atomic E-state index is 0.0199. The number of carbonyl (C=O) groups is 1. The molecular formula is C8H14O2. The SMILES string of the molecule is COC1(C)CCC(=O)CC1. The van der Waals surface area contributed by atoms with Crippen LogP contribution in [0.2, 0.25) is 0 Å². The number of ether oxygens (including phenoxy) is 1. The highest BCUT2D eigenvalue weighted by Crippen LogP contribution is 2.28. The number of rotatable bonds is 1. The van der Waals surface area contributed by atoms with Gasteiger partial charge in [-0.25, -0.2) is 0 Å². The first-order valence-electron chi connectivity index (χ1n) is 3.73. The monoisotopic (exact) mass is 142 g/mol. The molecule has 0 N–H and O–H groups in total. The van der Waals surface area contributed by atoms with Crippen LogP contribution in [0.4, 0.5) is 0 Å². The zero-order valence-corrected chi connectivity index (χ0v) is 6.64. The molecule has 1 aliphatic rings. The molecule has 0 bridgehead atoms. The molecule has 1 rings (SSSR count). The largest absolute Gasteiger partial charge is 0.378 e. The molecule has 0 amide bonds. The lowest BCUT2D eigenvalue weighted by Crippen LogP contribution is -2.32. The third-order valence-electron chi connectivity index (χ3n) is 2.36. The van der Waals surface area contributed by atoms with Crippen LogP contribution in [0, 0.1) is 0 Å². The van der Waals surface area contributed by atoms with Gasteiger partial charge in [0.1, 0.15) is 5.78 Å². The van der Waals surface area contributed by atoms with Gasteiger partial charge >= 0.3 is 0 Å².